The molecule has 0 heterocycles. The molecule has 2 fully saturated rings. The van der Waals surface area contributed by atoms with Crippen LogP contribution >= 0.6 is 22.6 Å². The highest BCUT2D eigenvalue weighted by Gasteiger charge is 2.32. The molecule has 64 valence electrons. The first-order valence-electron chi connectivity index (χ1n) is 5.02. The Kier molecular flexibility index (Phi) is 2.75. The van der Waals surface area contributed by atoms with Gasteiger partial charge in [-0.25, -0.2) is 0 Å². The van der Waals surface area contributed by atoms with E-state index in [9.17, 15) is 0 Å². The number of rotatable bonds is 2. The number of hydrogen-bond acceptors (Lipinski definition) is 0. The minimum Gasteiger partial charge on any atom is -0.0820 e. The van der Waals surface area contributed by atoms with E-state index >= 15 is 0 Å². The van der Waals surface area contributed by atoms with Crippen LogP contribution in [-0.2, 0) is 0 Å². The van der Waals surface area contributed by atoms with Crippen LogP contribution in [0.4, 0.5) is 0 Å². The van der Waals surface area contributed by atoms with Crippen LogP contribution in [0.1, 0.15) is 44.9 Å². The maximum Gasteiger partial charge on any atom is 0.0166 e. The average molecular weight is 264 g/mol. The minimum atomic E-state index is 1.03. The summed E-state index contributed by atoms with van der Waals surface area (Å²) in [5.41, 5.74) is 0. The van der Waals surface area contributed by atoms with Gasteiger partial charge in [0.15, 0.2) is 0 Å². The molecular formula is C10H17I. The zero-order chi connectivity index (χ0) is 7.68. The van der Waals surface area contributed by atoms with E-state index in [2.05, 4.69) is 22.6 Å². The molecule has 0 amide bonds. The van der Waals surface area contributed by atoms with Crippen LogP contribution in [0.2, 0.25) is 0 Å². The number of alkyl halides is 1. The normalized spacial score (nSPS) is 30.3. The molecule has 0 saturated heterocycles. The highest BCUT2D eigenvalue weighted by atomic mass is 127. The zero-order valence-corrected chi connectivity index (χ0v) is 9.22. The van der Waals surface area contributed by atoms with Crippen molar-refractivity contribution in [2.45, 2.75) is 48.9 Å². The van der Waals surface area contributed by atoms with Crippen LogP contribution in [0.15, 0.2) is 0 Å². The smallest absolute Gasteiger partial charge is 0.0166 e. The fourth-order valence-electron chi connectivity index (χ4n) is 2.42. The molecule has 2 aliphatic rings. The molecular weight excluding hydrogens is 247 g/mol. The predicted molar refractivity (Wildman–Crippen MR) is 57.1 cm³/mol. The zero-order valence-electron chi connectivity index (χ0n) is 7.06. The van der Waals surface area contributed by atoms with E-state index in [1.807, 2.05) is 0 Å². The Labute approximate surface area is 83.3 Å². The van der Waals surface area contributed by atoms with Crippen LogP contribution in [0.5, 0.6) is 0 Å². The highest BCUT2D eigenvalue weighted by Crippen LogP contribution is 2.42. The van der Waals surface area contributed by atoms with Gasteiger partial charge in [-0.3, -0.25) is 0 Å². The van der Waals surface area contributed by atoms with Gasteiger partial charge >= 0.3 is 0 Å². The Morgan fingerprint density at radius 3 is 1.64 bits per heavy atom. The molecule has 0 N–H and O–H groups in total. The van der Waals surface area contributed by atoms with Gasteiger partial charge in [0.25, 0.3) is 0 Å². The van der Waals surface area contributed by atoms with Gasteiger partial charge in [0.2, 0.25) is 0 Å². The van der Waals surface area contributed by atoms with Crippen LogP contribution < -0.4 is 0 Å². The lowest BCUT2D eigenvalue weighted by atomic mass is 9.78. The van der Waals surface area contributed by atoms with Crippen molar-refractivity contribution >= 4 is 22.6 Å². The molecule has 0 aromatic rings. The Morgan fingerprint density at radius 2 is 1.27 bits per heavy atom. The Balaban J connectivity index is 1.82. The van der Waals surface area contributed by atoms with Crippen molar-refractivity contribution in [3.8, 4) is 0 Å². The standard InChI is InChI=1S/C10H17I/c11-10(9-6-3-7-9)8-4-1-2-5-8/h8-10H,1-7H2. The van der Waals surface area contributed by atoms with Crippen molar-refractivity contribution < 1.29 is 0 Å². The van der Waals surface area contributed by atoms with E-state index in [1.165, 1.54) is 44.9 Å². The second kappa shape index (κ2) is 3.63. The molecule has 1 heteroatoms. The molecule has 0 spiro atoms. The SMILES string of the molecule is IC(C1CCCC1)C1CCC1. The summed E-state index contributed by atoms with van der Waals surface area (Å²) in [6.45, 7) is 0. The molecule has 1 unspecified atom stereocenters. The first-order chi connectivity index (χ1) is 5.38. The molecule has 0 radical (unpaired) electrons. The number of hydrogen-bond donors (Lipinski definition) is 0. The fourth-order valence-corrected chi connectivity index (χ4v) is 3.86. The second-order valence-electron chi connectivity index (χ2n) is 4.18. The first-order valence-corrected chi connectivity index (χ1v) is 6.26. The Morgan fingerprint density at radius 1 is 0.818 bits per heavy atom. The summed E-state index contributed by atoms with van der Waals surface area (Å²) in [5.74, 6) is 2.21. The van der Waals surface area contributed by atoms with E-state index in [-0.39, 0.29) is 0 Å². The van der Waals surface area contributed by atoms with Gasteiger partial charge in [-0.2, -0.15) is 0 Å². The van der Waals surface area contributed by atoms with Crippen molar-refractivity contribution in [1.82, 2.24) is 0 Å². The average Bonchev–Trinajstić information content (AvgIpc) is 2.32. The second-order valence-corrected chi connectivity index (χ2v) is 5.62. The van der Waals surface area contributed by atoms with E-state index < -0.39 is 0 Å². The lowest BCUT2D eigenvalue weighted by Gasteiger charge is -2.33. The van der Waals surface area contributed by atoms with E-state index in [1.54, 1.807) is 0 Å². The van der Waals surface area contributed by atoms with E-state index in [4.69, 9.17) is 0 Å². The molecule has 0 bridgehead atoms. The summed E-state index contributed by atoms with van der Waals surface area (Å²) < 4.78 is 1.03. The summed E-state index contributed by atoms with van der Waals surface area (Å²) in [4.78, 5) is 0. The molecule has 0 aliphatic heterocycles. The van der Waals surface area contributed by atoms with Crippen molar-refractivity contribution in [3.05, 3.63) is 0 Å². The maximum absolute atomic E-state index is 2.72. The molecule has 11 heavy (non-hydrogen) atoms. The third-order valence-electron chi connectivity index (χ3n) is 3.45. The van der Waals surface area contributed by atoms with E-state index in [0.717, 1.165) is 15.8 Å². The van der Waals surface area contributed by atoms with Crippen LogP contribution in [-0.4, -0.2) is 3.92 Å². The van der Waals surface area contributed by atoms with Gasteiger partial charge in [-0.15, -0.1) is 0 Å². The summed E-state index contributed by atoms with van der Waals surface area (Å²) in [6, 6.07) is 0. The van der Waals surface area contributed by atoms with Crippen molar-refractivity contribution in [3.63, 3.8) is 0 Å². The van der Waals surface area contributed by atoms with Gasteiger partial charge in [0.1, 0.15) is 0 Å². The van der Waals surface area contributed by atoms with Gasteiger partial charge < -0.3 is 0 Å². The summed E-state index contributed by atoms with van der Waals surface area (Å²) in [7, 11) is 0. The van der Waals surface area contributed by atoms with Gasteiger partial charge in [0.05, 0.1) is 0 Å². The van der Waals surface area contributed by atoms with Gasteiger partial charge in [-0.05, 0) is 37.5 Å². The Bertz CT molecular complexity index is 123. The first kappa shape index (κ1) is 8.33. The summed E-state index contributed by atoms with van der Waals surface area (Å²) >= 11 is 2.72. The highest BCUT2D eigenvalue weighted by molar-refractivity contribution is 14.1. The molecule has 1 atom stereocenters. The van der Waals surface area contributed by atoms with Gasteiger partial charge in [0, 0.05) is 3.92 Å². The predicted octanol–water partition coefficient (Wildman–Crippen LogP) is 3.78. The number of halogens is 1. The van der Waals surface area contributed by atoms with Crippen molar-refractivity contribution in [1.29, 1.82) is 0 Å². The largest absolute Gasteiger partial charge is 0.0820 e. The third-order valence-corrected chi connectivity index (χ3v) is 5.48. The molecule has 2 rings (SSSR count). The summed E-state index contributed by atoms with van der Waals surface area (Å²) in [5, 5.41) is 0. The van der Waals surface area contributed by atoms with Crippen molar-refractivity contribution in [2.75, 3.05) is 0 Å². The third kappa shape index (κ3) is 1.73. The molecule has 0 aromatic heterocycles. The van der Waals surface area contributed by atoms with Crippen molar-refractivity contribution in [2.24, 2.45) is 11.8 Å². The van der Waals surface area contributed by atoms with Crippen LogP contribution in [0.25, 0.3) is 0 Å². The quantitative estimate of drug-likeness (QED) is 0.526. The van der Waals surface area contributed by atoms with E-state index in [0.29, 0.717) is 0 Å². The van der Waals surface area contributed by atoms with Gasteiger partial charge in [-0.1, -0.05) is 41.9 Å². The fraction of sp³-hybridized carbons (Fsp3) is 1.00. The maximum atomic E-state index is 2.72. The molecule has 2 saturated carbocycles. The molecule has 0 nitrogen and oxygen atoms in total. The van der Waals surface area contributed by atoms with Crippen LogP contribution in [0, 0.1) is 11.8 Å². The Hall–Kier alpha value is 0.730. The topological polar surface area (TPSA) is 0 Å². The summed E-state index contributed by atoms with van der Waals surface area (Å²) in [6.07, 6.45) is 10.7. The molecule has 2 aliphatic carbocycles. The monoisotopic (exact) mass is 264 g/mol. The lowest BCUT2D eigenvalue weighted by molar-refractivity contribution is 0.271. The lowest BCUT2D eigenvalue weighted by Crippen LogP contribution is -2.27. The minimum absolute atomic E-state index is 1.03. The van der Waals surface area contributed by atoms with Crippen LogP contribution in [0.3, 0.4) is 0 Å². The molecule has 0 aromatic carbocycles.